The highest BCUT2D eigenvalue weighted by Gasteiger charge is 2.30. The van der Waals surface area contributed by atoms with E-state index in [-0.39, 0.29) is 36.0 Å². The predicted molar refractivity (Wildman–Crippen MR) is 300 cm³/mol. The van der Waals surface area contributed by atoms with Gasteiger partial charge in [-0.1, -0.05) is 22.0 Å². The second kappa shape index (κ2) is 25.4. The van der Waals surface area contributed by atoms with Gasteiger partial charge in [-0.2, -0.15) is 0 Å². The van der Waals surface area contributed by atoms with Crippen LogP contribution in [0.4, 0.5) is 11.4 Å². The number of anilines is 2. The number of nitrogens with zero attached hydrogens (tertiary/aromatic N) is 5. The fourth-order valence-electron chi connectivity index (χ4n) is 11.0. The Morgan fingerprint density at radius 2 is 1.04 bits per heavy atom. The first kappa shape index (κ1) is 56.4. The van der Waals surface area contributed by atoms with Crippen LogP contribution in [0.5, 0.6) is 0 Å². The van der Waals surface area contributed by atoms with Gasteiger partial charge in [0.15, 0.2) is 6.29 Å². The molecular formula is C58H78BrN9O5. The van der Waals surface area contributed by atoms with Gasteiger partial charge in [-0.05, 0) is 205 Å². The van der Waals surface area contributed by atoms with Crippen molar-refractivity contribution in [1.29, 1.82) is 0 Å². The van der Waals surface area contributed by atoms with E-state index >= 15 is 0 Å². The number of H-pyrrole nitrogens is 2. The van der Waals surface area contributed by atoms with Crippen LogP contribution in [-0.2, 0) is 13.1 Å². The zero-order valence-corrected chi connectivity index (χ0v) is 46.8. The lowest BCUT2D eigenvalue weighted by Gasteiger charge is -2.40. The molecule has 0 unspecified atom stereocenters. The fourth-order valence-corrected chi connectivity index (χ4v) is 11.4. The number of nitrogens with one attached hydrogen (secondary N) is 4. The van der Waals surface area contributed by atoms with Crippen molar-refractivity contribution in [3.8, 4) is 11.1 Å². The summed E-state index contributed by atoms with van der Waals surface area (Å²) in [5.41, 5.74) is 11.4. The lowest BCUT2D eigenvalue weighted by atomic mass is 9.88. The summed E-state index contributed by atoms with van der Waals surface area (Å²) in [5, 5.41) is 5.95. The molecule has 73 heavy (non-hydrogen) atoms. The van der Waals surface area contributed by atoms with E-state index in [9.17, 15) is 24.0 Å². The predicted octanol–water partition coefficient (Wildman–Crippen LogP) is 9.50. The summed E-state index contributed by atoms with van der Waals surface area (Å²) >= 11 is 3.62. The van der Waals surface area contributed by atoms with Gasteiger partial charge in [0.1, 0.15) is 5.69 Å². The number of hydrogen-bond acceptors (Lipinski definition) is 10. The van der Waals surface area contributed by atoms with Crippen LogP contribution in [0.3, 0.4) is 0 Å². The van der Waals surface area contributed by atoms with Gasteiger partial charge < -0.3 is 40.2 Å². The van der Waals surface area contributed by atoms with E-state index in [1.54, 1.807) is 12.3 Å². The van der Waals surface area contributed by atoms with E-state index < -0.39 is 0 Å². The van der Waals surface area contributed by atoms with Gasteiger partial charge in [-0.3, -0.25) is 29.0 Å². The zero-order valence-electron chi connectivity index (χ0n) is 45.2. The molecule has 0 atom stereocenters. The first-order valence-corrected chi connectivity index (χ1v) is 26.7. The molecule has 0 saturated heterocycles. The van der Waals surface area contributed by atoms with Crippen LogP contribution in [0.2, 0.25) is 0 Å². The van der Waals surface area contributed by atoms with Crippen LogP contribution in [0, 0.1) is 41.5 Å². The third kappa shape index (κ3) is 13.8. The summed E-state index contributed by atoms with van der Waals surface area (Å²) in [5.74, 6) is -0.397. The Kier molecular flexibility index (Phi) is 19.6. The van der Waals surface area contributed by atoms with Crippen molar-refractivity contribution in [2.24, 2.45) is 0 Å². The number of aldehydes is 1. The summed E-state index contributed by atoms with van der Waals surface area (Å²) in [6.07, 6.45) is 11.6. The molecule has 0 aliphatic heterocycles. The number of amides is 2. The number of hydrogen-bond donors (Lipinski definition) is 4. The maximum Gasteiger partial charge on any atom is 0.253 e. The van der Waals surface area contributed by atoms with Gasteiger partial charge in [-0.15, -0.1) is 0 Å². The molecule has 0 spiro atoms. The van der Waals surface area contributed by atoms with Crippen molar-refractivity contribution < 1.29 is 14.4 Å². The summed E-state index contributed by atoms with van der Waals surface area (Å²) in [7, 11) is 8.63. The smallest absolute Gasteiger partial charge is 0.253 e. The SMILES string of the molecule is CCN(c1cc(-c2ccc(C=O)nc2)cc(C(=O)NCc2c(C)cc(C)[nH]c2=O)c1C)C1CCC(N(C)C)CC1.CCN(c1cc(Br)cc(C(=O)NCc2c(C)cc(C)[nH]c2=O)c1C)C1CCC(N(C)C)CC1. The topological polar surface area (TPSA) is 167 Å². The summed E-state index contributed by atoms with van der Waals surface area (Å²) in [4.78, 5) is 82.3. The number of halogens is 1. The molecule has 3 heterocycles. The molecule has 14 nitrogen and oxygen atoms in total. The third-order valence-electron chi connectivity index (χ3n) is 15.3. The first-order chi connectivity index (χ1) is 34.7. The fraction of sp³-hybridized carbons (Fsp3) is 0.483. The van der Waals surface area contributed by atoms with E-state index in [0.717, 1.165) is 119 Å². The number of aryl methyl sites for hydroxylation is 4. The highest BCUT2D eigenvalue weighted by Crippen LogP contribution is 2.37. The molecule has 2 saturated carbocycles. The highest BCUT2D eigenvalue weighted by molar-refractivity contribution is 9.10. The molecule has 0 radical (unpaired) electrons. The molecule has 5 aromatic rings. The van der Waals surface area contributed by atoms with Crippen molar-refractivity contribution >= 4 is 45.4 Å². The molecule has 0 bridgehead atoms. The average molecular weight is 1060 g/mol. The Morgan fingerprint density at radius 3 is 1.42 bits per heavy atom. The van der Waals surface area contributed by atoms with E-state index in [0.29, 0.717) is 52.1 Å². The number of benzene rings is 2. The molecule has 392 valence electrons. The molecular weight excluding hydrogens is 983 g/mol. The van der Waals surface area contributed by atoms with Crippen LogP contribution >= 0.6 is 15.9 Å². The molecule has 3 aromatic heterocycles. The maximum absolute atomic E-state index is 13.7. The first-order valence-electron chi connectivity index (χ1n) is 25.9. The summed E-state index contributed by atoms with van der Waals surface area (Å²) < 4.78 is 0.887. The monoisotopic (exact) mass is 1060 g/mol. The minimum atomic E-state index is -0.232. The van der Waals surface area contributed by atoms with Gasteiger partial charge in [0.2, 0.25) is 0 Å². The van der Waals surface area contributed by atoms with Crippen molar-refractivity contribution in [2.75, 3.05) is 51.1 Å². The Hall–Kier alpha value is -5.90. The van der Waals surface area contributed by atoms with Gasteiger partial charge in [-0.25, -0.2) is 0 Å². The lowest BCUT2D eigenvalue weighted by Crippen LogP contribution is -2.42. The normalized spacial score (nSPS) is 17.7. The van der Waals surface area contributed by atoms with Gasteiger partial charge in [0, 0.05) is 112 Å². The molecule has 7 rings (SSSR count). The Labute approximate surface area is 440 Å². The van der Waals surface area contributed by atoms with E-state index in [1.807, 2.05) is 71.9 Å². The zero-order chi connectivity index (χ0) is 53.3. The van der Waals surface area contributed by atoms with Crippen molar-refractivity contribution in [3.05, 3.63) is 141 Å². The van der Waals surface area contributed by atoms with Crippen LogP contribution < -0.4 is 31.6 Å². The van der Waals surface area contributed by atoms with Gasteiger partial charge >= 0.3 is 0 Å². The van der Waals surface area contributed by atoms with Crippen molar-refractivity contribution in [1.82, 2.24) is 35.4 Å². The standard InChI is InChI=1S/C32H41N5O3.C26H37BrN4O2/c1-7-37(27-12-10-26(11-13-27)36(5)6)30-16-24(23-8-9-25(19-38)33-17-23)15-28(22(30)4)31(39)34-18-29-20(2)14-21(3)35-32(29)40;1-7-31(21-10-8-20(9-11-21)30(5)6)24-14-19(27)13-22(18(24)4)25(32)28-15-23-16(2)12-17(3)29-26(23)33/h8-9,14-17,19,26-27H,7,10-13,18H2,1-6H3,(H,34,39)(H,35,40);12-14,20-21H,7-11,15H2,1-6H3,(H,28,32)(H,29,33). The molecule has 15 heteroatoms. The average Bonchev–Trinajstić information content (AvgIpc) is 3.35. The number of rotatable bonds is 16. The van der Waals surface area contributed by atoms with Crippen LogP contribution in [0.1, 0.15) is 141 Å². The van der Waals surface area contributed by atoms with Crippen LogP contribution in [0.25, 0.3) is 11.1 Å². The van der Waals surface area contributed by atoms with E-state index in [1.165, 1.54) is 12.8 Å². The Morgan fingerprint density at radius 1 is 0.616 bits per heavy atom. The number of aromatic nitrogens is 3. The molecule has 2 fully saturated rings. The third-order valence-corrected chi connectivity index (χ3v) is 15.7. The van der Waals surface area contributed by atoms with Gasteiger partial charge in [0.05, 0.1) is 0 Å². The van der Waals surface area contributed by atoms with Crippen LogP contribution in [0.15, 0.2) is 68.8 Å². The second-order valence-electron chi connectivity index (χ2n) is 20.5. The van der Waals surface area contributed by atoms with Crippen molar-refractivity contribution in [3.63, 3.8) is 0 Å². The minimum Gasteiger partial charge on any atom is -0.369 e. The second-order valence-corrected chi connectivity index (χ2v) is 21.4. The van der Waals surface area contributed by atoms with E-state index in [4.69, 9.17) is 0 Å². The quantitative estimate of drug-likeness (QED) is 0.0700. The molecule has 2 aliphatic carbocycles. The molecule has 2 aromatic carbocycles. The molecule has 4 N–H and O–H groups in total. The van der Waals surface area contributed by atoms with Gasteiger partial charge in [0.25, 0.3) is 22.9 Å². The number of carbonyl (C=O) groups is 3. The molecule has 2 amide bonds. The Balaban J connectivity index is 0.000000243. The van der Waals surface area contributed by atoms with Crippen molar-refractivity contribution in [2.45, 2.75) is 144 Å². The summed E-state index contributed by atoms with van der Waals surface area (Å²) in [6.45, 7) is 17.9. The lowest BCUT2D eigenvalue weighted by molar-refractivity contribution is 0.0942. The Bertz CT molecular complexity index is 2860. The highest BCUT2D eigenvalue weighted by atomic mass is 79.9. The largest absolute Gasteiger partial charge is 0.369 e. The number of pyridine rings is 3. The number of carbonyl (C=O) groups excluding carboxylic acids is 3. The van der Waals surface area contributed by atoms with Crippen LogP contribution in [-0.4, -0.2) is 108 Å². The van der Waals surface area contributed by atoms with E-state index in [2.05, 4.69) is 115 Å². The summed E-state index contributed by atoms with van der Waals surface area (Å²) in [6, 6.07) is 17.5. The number of aromatic amines is 2. The minimum absolute atomic E-state index is 0.140. The molecule has 2 aliphatic rings. The maximum atomic E-state index is 13.7.